The third kappa shape index (κ3) is 4.16. The van der Waals surface area contributed by atoms with Crippen LogP contribution in [0.2, 0.25) is 0 Å². The Morgan fingerprint density at radius 3 is 2.44 bits per heavy atom. The molecule has 0 saturated heterocycles. The summed E-state index contributed by atoms with van der Waals surface area (Å²) < 4.78 is 4.68. The Labute approximate surface area is 107 Å². The lowest BCUT2D eigenvalue weighted by Gasteiger charge is -2.18. The monoisotopic (exact) mass is 250 g/mol. The van der Waals surface area contributed by atoms with Gasteiger partial charge in [-0.15, -0.1) is 0 Å². The van der Waals surface area contributed by atoms with Gasteiger partial charge in [0, 0.05) is 18.0 Å². The molecule has 0 spiro atoms. The maximum Gasteiger partial charge on any atom is 0.328 e. The molecule has 18 heavy (non-hydrogen) atoms. The Kier molecular flexibility index (Phi) is 5.30. The van der Waals surface area contributed by atoms with Gasteiger partial charge in [-0.1, -0.05) is 13.8 Å². The van der Waals surface area contributed by atoms with Gasteiger partial charge >= 0.3 is 5.97 Å². The van der Waals surface area contributed by atoms with E-state index in [9.17, 15) is 9.59 Å². The number of ether oxygens (including phenoxy) is 1. The summed E-state index contributed by atoms with van der Waals surface area (Å²) in [7, 11) is 1.31. The van der Waals surface area contributed by atoms with Crippen LogP contribution in [-0.4, -0.2) is 30.0 Å². The second kappa shape index (κ2) is 6.74. The second-order valence-electron chi connectivity index (χ2n) is 4.41. The van der Waals surface area contributed by atoms with Crippen LogP contribution in [0.3, 0.4) is 0 Å². The van der Waals surface area contributed by atoms with E-state index in [-0.39, 0.29) is 11.8 Å². The Morgan fingerprint density at radius 2 is 1.94 bits per heavy atom. The quantitative estimate of drug-likeness (QED) is 0.802. The maximum atomic E-state index is 11.9. The topological polar surface area (TPSA) is 68.3 Å². The highest BCUT2D eigenvalue weighted by molar-refractivity contribution is 5.96. The molecule has 0 fully saturated rings. The molecular weight excluding hydrogens is 232 g/mol. The van der Waals surface area contributed by atoms with Crippen LogP contribution in [0.25, 0.3) is 0 Å². The highest BCUT2D eigenvalue weighted by Gasteiger charge is 2.22. The van der Waals surface area contributed by atoms with E-state index in [4.69, 9.17) is 0 Å². The van der Waals surface area contributed by atoms with Crippen molar-refractivity contribution in [2.24, 2.45) is 5.92 Å². The summed E-state index contributed by atoms with van der Waals surface area (Å²) in [6.45, 7) is 3.96. The number of nitrogens with zero attached hydrogens (tertiary/aromatic N) is 1. The molecule has 0 bridgehead atoms. The van der Waals surface area contributed by atoms with E-state index >= 15 is 0 Å². The number of esters is 1. The zero-order chi connectivity index (χ0) is 13.5. The molecule has 1 amide bonds. The van der Waals surface area contributed by atoms with Crippen molar-refractivity contribution in [1.82, 2.24) is 10.3 Å². The first kappa shape index (κ1) is 14.2. The third-order valence-corrected chi connectivity index (χ3v) is 2.44. The molecule has 1 heterocycles. The number of methoxy groups -OCH3 is 1. The fourth-order valence-corrected chi connectivity index (χ4v) is 1.57. The second-order valence-corrected chi connectivity index (χ2v) is 4.41. The first-order chi connectivity index (χ1) is 8.54. The smallest absolute Gasteiger partial charge is 0.328 e. The first-order valence-corrected chi connectivity index (χ1v) is 5.83. The van der Waals surface area contributed by atoms with Gasteiger partial charge in [0.15, 0.2) is 0 Å². The summed E-state index contributed by atoms with van der Waals surface area (Å²) >= 11 is 0. The van der Waals surface area contributed by atoms with Crippen molar-refractivity contribution >= 4 is 11.9 Å². The van der Waals surface area contributed by atoms with Crippen molar-refractivity contribution in [1.29, 1.82) is 0 Å². The van der Waals surface area contributed by atoms with Crippen LogP contribution in [0.15, 0.2) is 24.5 Å². The van der Waals surface area contributed by atoms with E-state index in [1.807, 2.05) is 13.8 Å². The average Bonchev–Trinajstić information content (AvgIpc) is 2.37. The highest BCUT2D eigenvalue weighted by atomic mass is 16.5. The summed E-state index contributed by atoms with van der Waals surface area (Å²) in [6, 6.07) is 2.58. The Bertz CT molecular complexity index is 404. The molecule has 1 N–H and O–H groups in total. The Hall–Kier alpha value is -1.91. The van der Waals surface area contributed by atoms with Gasteiger partial charge in [-0.3, -0.25) is 9.78 Å². The fraction of sp³-hybridized carbons (Fsp3) is 0.462. The predicted molar refractivity (Wildman–Crippen MR) is 67.0 cm³/mol. The number of hydrogen-bond acceptors (Lipinski definition) is 4. The molecule has 5 nitrogen and oxygen atoms in total. The molecule has 1 rings (SSSR count). The van der Waals surface area contributed by atoms with Gasteiger partial charge in [-0.25, -0.2) is 4.79 Å². The number of rotatable bonds is 5. The lowest BCUT2D eigenvalue weighted by molar-refractivity contribution is -0.143. The number of carbonyl (C=O) groups excluding carboxylic acids is 2. The molecule has 1 atom stereocenters. The summed E-state index contributed by atoms with van der Waals surface area (Å²) in [5, 5.41) is 2.67. The molecule has 0 aromatic carbocycles. The normalized spacial score (nSPS) is 12.0. The zero-order valence-corrected chi connectivity index (χ0v) is 10.8. The van der Waals surface area contributed by atoms with Gasteiger partial charge in [-0.2, -0.15) is 0 Å². The molecule has 98 valence electrons. The van der Waals surface area contributed by atoms with Crippen LogP contribution in [0.5, 0.6) is 0 Å². The number of pyridine rings is 1. The van der Waals surface area contributed by atoms with Crippen molar-refractivity contribution in [3.8, 4) is 0 Å². The van der Waals surface area contributed by atoms with Crippen LogP contribution in [0.4, 0.5) is 0 Å². The van der Waals surface area contributed by atoms with E-state index in [2.05, 4.69) is 15.0 Å². The van der Waals surface area contributed by atoms with Crippen molar-refractivity contribution in [3.63, 3.8) is 0 Å². The van der Waals surface area contributed by atoms with Gasteiger partial charge in [0.25, 0.3) is 5.91 Å². The van der Waals surface area contributed by atoms with Crippen LogP contribution in [0, 0.1) is 5.92 Å². The maximum absolute atomic E-state index is 11.9. The van der Waals surface area contributed by atoms with Crippen molar-refractivity contribution < 1.29 is 14.3 Å². The predicted octanol–water partition coefficient (Wildman–Crippen LogP) is 1.40. The molecule has 0 radical (unpaired) electrons. The Morgan fingerprint density at radius 1 is 1.33 bits per heavy atom. The molecule has 1 aromatic heterocycles. The summed E-state index contributed by atoms with van der Waals surface area (Å²) in [5.74, 6) is -0.439. The van der Waals surface area contributed by atoms with Crippen LogP contribution < -0.4 is 5.32 Å². The summed E-state index contributed by atoms with van der Waals surface area (Å²) in [4.78, 5) is 27.3. The minimum atomic E-state index is -0.615. The fourth-order valence-electron chi connectivity index (χ4n) is 1.57. The van der Waals surface area contributed by atoms with E-state index in [1.165, 1.54) is 19.5 Å². The zero-order valence-electron chi connectivity index (χ0n) is 10.8. The molecule has 0 aliphatic carbocycles. The van der Waals surface area contributed by atoms with Gasteiger partial charge in [0.2, 0.25) is 0 Å². The third-order valence-electron chi connectivity index (χ3n) is 2.44. The van der Waals surface area contributed by atoms with E-state index in [0.717, 1.165) is 0 Å². The van der Waals surface area contributed by atoms with Crippen LogP contribution >= 0.6 is 0 Å². The first-order valence-electron chi connectivity index (χ1n) is 5.83. The number of carbonyl (C=O) groups is 2. The van der Waals surface area contributed by atoms with Gasteiger partial charge < -0.3 is 10.1 Å². The molecule has 0 aliphatic heterocycles. The van der Waals surface area contributed by atoms with Crippen molar-refractivity contribution in [2.75, 3.05) is 7.11 Å². The average molecular weight is 250 g/mol. The van der Waals surface area contributed by atoms with E-state index in [0.29, 0.717) is 12.0 Å². The molecular formula is C13H18N2O3. The highest BCUT2D eigenvalue weighted by Crippen LogP contribution is 2.07. The minimum Gasteiger partial charge on any atom is -0.467 e. The largest absolute Gasteiger partial charge is 0.467 e. The summed E-state index contributed by atoms with van der Waals surface area (Å²) in [6.07, 6.45) is 3.61. The van der Waals surface area contributed by atoms with Crippen molar-refractivity contribution in [3.05, 3.63) is 30.1 Å². The Balaban J connectivity index is 2.71. The van der Waals surface area contributed by atoms with Crippen LogP contribution in [-0.2, 0) is 9.53 Å². The number of nitrogens with one attached hydrogen (secondary N) is 1. The number of amides is 1. The van der Waals surface area contributed by atoms with Gasteiger partial charge in [0.05, 0.1) is 7.11 Å². The molecule has 1 unspecified atom stereocenters. The van der Waals surface area contributed by atoms with Crippen molar-refractivity contribution in [2.45, 2.75) is 26.3 Å². The lowest BCUT2D eigenvalue weighted by atomic mass is 10.0. The number of hydrogen-bond donors (Lipinski definition) is 1. The molecule has 0 aliphatic rings. The lowest BCUT2D eigenvalue weighted by Crippen LogP contribution is -2.42. The minimum absolute atomic E-state index is 0.284. The molecule has 0 saturated carbocycles. The standard InChI is InChI=1S/C13H18N2O3/c1-9(2)8-11(13(17)18-3)15-12(16)10-4-6-14-7-5-10/h4-7,9,11H,8H2,1-3H3,(H,15,16). The number of aromatic nitrogens is 1. The summed E-state index contributed by atoms with van der Waals surface area (Å²) in [5.41, 5.74) is 0.475. The van der Waals surface area contributed by atoms with Crippen LogP contribution in [0.1, 0.15) is 30.6 Å². The van der Waals surface area contributed by atoms with Gasteiger partial charge in [0.1, 0.15) is 6.04 Å². The van der Waals surface area contributed by atoms with Gasteiger partial charge in [-0.05, 0) is 24.5 Å². The molecule has 1 aromatic rings. The van der Waals surface area contributed by atoms with E-state index in [1.54, 1.807) is 12.1 Å². The van der Waals surface area contributed by atoms with E-state index < -0.39 is 12.0 Å². The molecule has 5 heteroatoms. The SMILES string of the molecule is COC(=O)C(CC(C)C)NC(=O)c1ccncc1.